The second-order valence-corrected chi connectivity index (χ2v) is 10.6. The van der Waals surface area contributed by atoms with Crippen molar-refractivity contribution in [2.45, 2.75) is 7.59 Å². The van der Waals surface area contributed by atoms with Crippen molar-refractivity contribution in [1.29, 1.82) is 0 Å². The summed E-state index contributed by atoms with van der Waals surface area (Å²) in [4.78, 5) is 12.4. The van der Waals surface area contributed by atoms with Gasteiger partial charge < -0.3 is 4.74 Å². The molecule has 0 amide bonds. The zero-order chi connectivity index (χ0) is 21.9. The number of halogens is 6. The molecule has 0 fully saturated rings. The summed E-state index contributed by atoms with van der Waals surface area (Å²) >= 11 is 35.5. The smallest absolute Gasteiger partial charge is 0.250 e. The van der Waals surface area contributed by atoms with E-state index in [1.54, 1.807) is 7.11 Å². The highest BCUT2D eigenvalue weighted by molar-refractivity contribution is 6.67. The molecule has 0 aliphatic heterocycles. The molecular weight excluding hydrogens is 511 g/mol. The van der Waals surface area contributed by atoms with Crippen molar-refractivity contribution in [3.8, 4) is 17.1 Å². The van der Waals surface area contributed by atoms with Gasteiger partial charge in [-0.25, -0.2) is 15.0 Å². The van der Waals surface area contributed by atoms with E-state index in [0.717, 1.165) is 16.9 Å². The van der Waals surface area contributed by atoms with Gasteiger partial charge in [-0.1, -0.05) is 118 Å². The normalized spacial score (nSPS) is 12.4. The van der Waals surface area contributed by atoms with Gasteiger partial charge in [0, 0.05) is 5.56 Å². The fourth-order valence-corrected chi connectivity index (χ4v) is 2.95. The maximum atomic E-state index is 5.92. The van der Waals surface area contributed by atoms with Crippen molar-refractivity contribution in [2.75, 3.05) is 7.11 Å². The summed E-state index contributed by atoms with van der Waals surface area (Å²) in [6.45, 7) is 0. The fraction of sp³-hybridized carbons (Fsp3) is 0.150. The third kappa shape index (κ3) is 6.13. The number of benzene rings is 2. The summed E-state index contributed by atoms with van der Waals surface area (Å²) in [5.74, 6) is 0.731. The molecule has 30 heavy (non-hydrogen) atoms. The molecule has 1 aromatic heterocycles. The van der Waals surface area contributed by atoms with Crippen molar-refractivity contribution in [1.82, 2.24) is 15.0 Å². The zero-order valence-corrected chi connectivity index (χ0v) is 19.8. The van der Waals surface area contributed by atoms with Crippen LogP contribution >= 0.6 is 69.6 Å². The van der Waals surface area contributed by atoms with E-state index in [1.165, 1.54) is 0 Å². The van der Waals surface area contributed by atoms with Crippen LogP contribution in [0.25, 0.3) is 23.5 Å². The van der Waals surface area contributed by atoms with Crippen LogP contribution < -0.4 is 4.74 Å². The van der Waals surface area contributed by atoms with Crippen LogP contribution in [-0.2, 0) is 7.59 Å². The van der Waals surface area contributed by atoms with Gasteiger partial charge in [0.15, 0.2) is 17.5 Å². The summed E-state index contributed by atoms with van der Waals surface area (Å²) in [6, 6.07) is 15.1. The van der Waals surface area contributed by atoms with Crippen LogP contribution in [0.2, 0.25) is 0 Å². The summed E-state index contributed by atoms with van der Waals surface area (Å²) in [7, 11) is 1.63. The fourth-order valence-electron chi connectivity index (χ4n) is 2.44. The molecule has 3 aromatic rings. The Bertz CT molecular complexity index is 1030. The van der Waals surface area contributed by atoms with Crippen LogP contribution in [-0.4, -0.2) is 22.1 Å². The van der Waals surface area contributed by atoms with Gasteiger partial charge in [0.25, 0.3) is 0 Å². The molecule has 2 aromatic carbocycles. The minimum Gasteiger partial charge on any atom is -0.497 e. The summed E-state index contributed by atoms with van der Waals surface area (Å²) in [5, 5.41) is 0. The second kappa shape index (κ2) is 9.47. The molecule has 0 atom stereocenters. The zero-order valence-electron chi connectivity index (χ0n) is 15.3. The average molecular weight is 524 g/mol. The Kier molecular flexibility index (Phi) is 7.39. The molecule has 3 rings (SSSR count). The Labute approximate surface area is 203 Å². The lowest BCUT2D eigenvalue weighted by atomic mass is 10.1. The maximum absolute atomic E-state index is 5.92. The SMILES string of the molecule is COc1cccc(C=Cc2ccc(-c3nc(C(Cl)(Cl)Cl)nc(C(Cl)(Cl)Cl)n3)cc2)c1. The Hall–Kier alpha value is -1.27. The molecule has 0 radical (unpaired) electrons. The number of methoxy groups -OCH3 is 1. The van der Waals surface area contributed by atoms with Crippen LogP contribution in [0.5, 0.6) is 5.75 Å². The lowest BCUT2D eigenvalue weighted by Gasteiger charge is -2.15. The van der Waals surface area contributed by atoms with E-state index in [-0.39, 0.29) is 17.5 Å². The van der Waals surface area contributed by atoms with E-state index in [4.69, 9.17) is 74.3 Å². The molecule has 0 spiro atoms. The monoisotopic (exact) mass is 521 g/mol. The number of nitrogens with zero attached hydrogens (tertiary/aromatic N) is 3. The van der Waals surface area contributed by atoms with Crippen LogP contribution in [0.3, 0.4) is 0 Å². The van der Waals surface area contributed by atoms with Crippen molar-refractivity contribution in [3.05, 3.63) is 71.3 Å². The first-order chi connectivity index (χ1) is 14.1. The highest BCUT2D eigenvalue weighted by atomic mass is 35.6. The number of hydrogen-bond donors (Lipinski definition) is 0. The first-order valence-electron chi connectivity index (χ1n) is 8.39. The van der Waals surface area contributed by atoms with Crippen LogP contribution in [0.4, 0.5) is 0 Å². The van der Waals surface area contributed by atoms with E-state index in [2.05, 4.69) is 15.0 Å². The van der Waals surface area contributed by atoms with Crippen molar-refractivity contribution in [2.24, 2.45) is 0 Å². The topological polar surface area (TPSA) is 47.9 Å². The van der Waals surface area contributed by atoms with Gasteiger partial charge in [0.2, 0.25) is 7.59 Å². The first kappa shape index (κ1) is 23.4. The molecule has 0 aliphatic carbocycles. The number of ether oxygens (including phenoxy) is 1. The van der Waals surface area contributed by atoms with E-state index >= 15 is 0 Å². The summed E-state index contributed by atoms with van der Waals surface area (Å²) < 4.78 is 1.43. The van der Waals surface area contributed by atoms with Gasteiger partial charge in [-0.05, 0) is 23.3 Å². The molecule has 0 bridgehead atoms. The molecule has 1 heterocycles. The molecule has 0 unspecified atom stereocenters. The highest BCUT2D eigenvalue weighted by Gasteiger charge is 2.33. The number of hydrogen-bond acceptors (Lipinski definition) is 4. The van der Waals surface area contributed by atoms with Crippen LogP contribution in [0, 0.1) is 0 Å². The van der Waals surface area contributed by atoms with Crippen LogP contribution in [0.1, 0.15) is 22.8 Å². The van der Waals surface area contributed by atoms with E-state index in [9.17, 15) is 0 Å². The first-order valence-corrected chi connectivity index (χ1v) is 10.7. The highest BCUT2D eigenvalue weighted by Crippen LogP contribution is 2.40. The van der Waals surface area contributed by atoms with Gasteiger partial charge >= 0.3 is 0 Å². The Morgan fingerprint density at radius 3 is 1.83 bits per heavy atom. The average Bonchev–Trinajstić information content (AvgIpc) is 2.71. The van der Waals surface area contributed by atoms with Gasteiger partial charge in [-0.2, -0.15) is 0 Å². The lowest BCUT2D eigenvalue weighted by molar-refractivity contribution is 0.414. The Morgan fingerprint density at radius 1 is 0.733 bits per heavy atom. The maximum Gasteiger partial charge on any atom is 0.250 e. The van der Waals surface area contributed by atoms with E-state index < -0.39 is 7.59 Å². The summed E-state index contributed by atoms with van der Waals surface area (Å²) in [6.07, 6.45) is 3.94. The lowest BCUT2D eigenvalue weighted by Crippen LogP contribution is -2.16. The number of aromatic nitrogens is 3. The number of alkyl halides is 6. The third-order valence-corrected chi connectivity index (χ3v) is 4.89. The number of rotatable bonds is 4. The van der Waals surface area contributed by atoms with Crippen molar-refractivity contribution in [3.63, 3.8) is 0 Å². The van der Waals surface area contributed by atoms with Crippen LogP contribution in [0.15, 0.2) is 48.5 Å². The molecule has 156 valence electrons. The predicted octanol–water partition coefficient (Wildman–Crippen LogP) is 7.37. The largest absolute Gasteiger partial charge is 0.497 e. The molecule has 0 saturated heterocycles. The molecule has 0 saturated carbocycles. The van der Waals surface area contributed by atoms with E-state index in [0.29, 0.717) is 5.56 Å². The van der Waals surface area contributed by atoms with Crippen molar-refractivity contribution >= 4 is 81.8 Å². The molecule has 0 aliphatic rings. The van der Waals surface area contributed by atoms with Gasteiger partial charge in [0.1, 0.15) is 5.75 Å². The quantitative estimate of drug-likeness (QED) is 0.264. The Morgan fingerprint density at radius 2 is 1.30 bits per heavy atom. The van der Waals surface area contributed by atoms with Gasteiger partial charge in [0.05, 0.1) is 7.11 Å². The minimum atomic E-state index is -1.90. The predicted molar refractivity (Wildman–Crippen MR) is 126 cm³/mol. The minimum absolute atomic E-state index is 0.138. The van der Waals surface area contributed by atoms with Crippen molar-refractivity contribution < 1.29 is 4.74 Å². The molecule has 4 nitrogen and oxygen atoms in total. The third-order valence-electron chi connectivity index (χ3n) is 3.87. The standard InChI is InChI=1S/C20H13Cl6N3O/c1-30-15-4-2-3-13(11-15)6-5-12-7-9-14(10-8-12)16-27-17(19(21,22)23)29-18(28-16)20(24,25)26/h2-11H,1H3. The Balaban J connectivity index is 1.91. The van der Waals surface area contributed by atoms with E-state index in [1.807, 2.05) is 60.7 Å². The molecular formula is C20H13Cl6N3O. The molecule has 0 N–H and O–H groups in total. The summed E-state index contributed by atoms with van der Waals surface area (Å²) in [5.41, 5.74) is 2.61. The molecule has 10 heteroatoms. The van der Waals surface area contributed by atoms with Gasteiger partial charge in [-0.15, -0.1) is 0 Å². The second-order valence-electron chi connectivity index (χ2n) is 6.03. The van der Waals surface area contributed by atoms with Gasteiger partial charge in [-0.3, -0.25) is 0 Å².